The number of fused-ring (bicyclic) bond motifs is 1. The van der Waals surface area contributed by atoms with E-state index in [9.17, 15) is 23.5 Å². The highest BCUT2D eigenvalue weighted by Crippen LogP contribution is 2.45. The van der Waals surface area contributed by atoms with Gasteiger partial charge in [0.15, 0.2) is 5.60 Å². The zero-order chi connectivity index (χ0) is 23.9. The van der Waals surface area contributed by atoms with Crippen LogP contribution >= 0.6 is 0 Å². The number of hydrogen-bond acceptors (Lipinski definition) is 3. The molecule has 32 heavy (non-hydrogen) atoms. The van der Waals surface area contributed by atoms with Crippen LogP contribution in [0.25, 0.3) is 10.9 Å². The molecule has 3 rings (SSSR count). The number of ether oxygens (including phenoxy) is 1. The van der Waals surface area contributed by atoms with Crippen LogP contribution in [0.4, 0.5) is 13.2 Å². The molecule has 0 aliphatic rings. The Balaban J connectivity index is 2.07. The fraction of sp³-hybridized carbons (Fsp3) is 0.400. The number of aliphatic hydroxyl groups is 1. The maximum absolute atomic E-state index is 14.3. The van der Waals surface area contributed by atoms with Crippen molar-refractivity contribution in [2.75, 3.05) is 7.11 Å². The van der Waals surface area contributed by atoms with Crippen molar-refractivity contribution in [1.29, 1.82) is 5.26 Å². The van der Waals surface area contributed by atoms with Crippen molar-refractivity contribution in [3.63, 3.8) is 0 Å². The Bertz CT molecular complexity index is 1190. The van der Waals surface area contributed by atoms with Crippen LogP contribution in [0.5, 0.6) is 5.75 Å². The van der Waals surface area contributed by atoms with Gasteiger partial charge in [-0.2, -0.15) is 18.4 Å². The fourth-order valence-corrected chi connectivity index (χ4v) is 4.39. The van der Waals surface area contributed by atoms with Crippen molar-refractivity contribution in [1.82, 2.24) is 4.57 Å². The maximum atomic E-state index is 14.3. The molecule has 3 aromatic rings. The van der Waals surface area contributed by atoms with Gasteiger partial charge in [-0.3, -0.25) is 0 Å². The summed E-state index contributed by atoms with van der Waals surface area (Å²) in [5.74, 6) is 0.478. The monoisotopic (exact) mass is 444 g/mol. The first-order valence-electron chi connectivity index (χ1n) is 10.2. The van der Waals surface area contributed by atoms with E-state index in [0.29, 0.717) is 22.4 Å². The largest absolute Gasteiger partial charge is 0.496 e. The Hall–Kier alpha value is -2.98. The topological polar surface area (TPSA) is 58.2 Å². The van der Waals surface area contributed by atoms with E-state index in [1.54, 1.807) is 51.1 Å². The number of halogens is 3. The van der Waals surface area contributed by atoms with Gasteiger partial charge in [-0.15, -0.1) is 0 Å². The zero-order valence-corrected chi connectivity index (χ0v) is 18.8. The van der Waals surface area contributed by atoms with E-state index in [0.717, 1.165) is 16.5 Å². The van der Waals surface area contributed by atoms with Crippen molar-refractivity contribution in [3.05, 3.63) is 64.8 Å². The van der Waals surface area contributed by atoms with E-state index in [2.05, 4.69) is 0 Å². The molecule has 0 fully saturated rings. The minimum Gasteiger partial charge on any atom is -0.496 e. The number of aromatic nitrogens is 1. The van der Waals surface area contributed by atoms with Gasteiger partial charge in [-0.1, -0.05) is 31.5 Å². The number of hydrogen-bond donors (Lipinski definition) is 1. The number of aryl methyl sites for hydroxylation is 2. The van der Waals surface area contributed by atoms with Gasteiger partial charge < -0.3 is 14.4 Å². The van der Waals surface area contributed by atoms with E-state index in [-0.39, 0.29) is 0 Å². The minimum atomic E-state index is -4.88. The number of nitriles is 1. The van der Waals surface area contributed by atoms with Gasteiger partial charge in [-0.25, -0.2) is 0 Å². The first-order chi connectivity index (χ1) is 14.8. The molecule has 1 aromatic heterocycles. The summed E-state index contributed by atoms with van der Waals surface area (Å²) in [6.45, 7) is 6.32. The molecule has 2 aromatic carbocycles. The van der Waals surface area contributed by atoms with Crippen LogP contribution in [0.1, 0.15) is 42.5 Å². The molecule has 0 aliphatic heterocycles. The van der Waals surface area contributed by atoms with Gasteiger partial charge in [-0.05, 0) is 55.5 Å². The van der Waals surface area contributed by atoms with E-state index in [1.165, 1.54) is 17.9 Å². The summed E-state index contributed by atoms with van der Waals surface area (Å²) >= 11 is 0. The molecule has 4 nitrogen and oxygen atoms in total. The lowest BCUT2D eigenvalue weighted by Crippen LogP contribution is -2.52. The van der Waals surface area contributed by atoms with Crippen LogP contribution in [-0.4, -0.2) is 28.6 Å². The summed E-state index contributed by atoms with van der Waals surface area (Å²) in [5.41, 5.74) is -0.932. The second kappa shape index (κ2) is 8.18. The molecule has 170 valence electrons. The molecule has 0 amide bonds. The molecule has 0 aliphatic carbocycles. The molecule has 1 heterocycles. The molecule has 0 bridgehead atoms. The average Bonchev–Trinajstić information content (AvgIpc) is 3.09. The summed E-state index contributed by atoms with van der Waals surface area (Å²) < 4.78 is 49.6. The summed E-state index contributed by atoms with van der Waals surface area (Å²) in [6.07, 6.45) is -3.92. The number of rotatable bonds is 6. The minimum absolute atomic E-state index is 0.357. The lowest BCUT2D eigenvalue weighted by atomic mass is 9.74. The summed E-state index contributed by atoms with van der Waals surface area (Å²) in [7, 11) is 1.47. The lowest BCUT2D eigenvalue weighted by Gasteiger charge is -2.38. The number of methoxy groups -OCH3 is 1. The first-order valence-corrected chi connectivity index (χ1v) is 10.2. The molecule has 1 N–H and O–H groups in total. The third-order valence-electron chi connectivity index (χ3n) is 6.00. The fourth-order valence-electron chi connectivity index (χ4n) is 4.39. The van der Waals surface area contributed by atoms with Crippen molar-refractivity contribution in [2.45, 2.75) is 57.9 Å². The molecule has 7 heteroatoms. The van der Waals surface area contributed by atoms with Crippen LogP contribution in [0.15, 0.2) is 42.6 Å². The molecular weight excluding hydrogens is 417 g/mol. The molecule has 0 saturated carbocycles. The molecule has 1 atom stereocenters. The summed E-state index contributed by atoms with van der Waals surface area (Å²) in [4.78, 5) is 0. The van der Waals surface area contributed by atoms with E-state index in [1.807, 2.05) is 19.1 Å². The van der Waals surface area contributed by atoms with Crippen molar-refractivity contribution >= 4 is 10.9 Å². The molecule has 0 radical (unpaired) electrons. The number of benzene rings is 2. The third-order valence-corrected chi connectivity index (χ3v) is 6.00. The summed E-state index contributed by atoms with van der Waals surface area (Å²) in [5, 5.41) is 21.1. The van der Waals surface area contributed by atoms with Gasteiger partial charge in [0.05, 0.1) is 25.3 Å². The SMILES string of the molecule is COc1ccc(C)cc1C(C)(C)CC(O)(Cn1ccc2c(C)cc(C#N)cc21)C(F)(F)F. The predicted molar refractivity (Wildman–Crippen MR) is 118 cm³/mol. The van der Waals surface area contributed by atoms with Gasteiger partial charge in [0.25, 0.3) is 0 Å². The highest BCUT2D eigenvalue weighted by atomic mass is 19.4. The van der Waals surface area contributed by atoms with Crippen molar-refractivity contribution in [2.24, 2.45) is 0 Å². The maximum Gasteiger partial charge on any atom is 0.418 e. The highest BCUT2D eigenvalue weighted by molar-refractivity contribution is 5.85. The zero-order valence-electron chi connectivity index (χ0n) is 18.8. The van der Waals surface area contributed by atoms with E-state index in [4.69, 9.17) is 4.74 Å². The standard InChI is InChI=1S/C25H27F3N2O2/c1-16-6-7-22(32-5)20(10-16)23(3,4)14-24(31,25(26,27)28)15-30-9-8-19-17(2)11-18(13-29)12-21(19)30/h6-12,31H,14-15H2,1-5H3. The Morgan fingerprint density at radius 3 is 2.38 bits per heavy atom. The van der Waals surface area contributed by atoms with Gasteiger partial charge >= 0.3 is 6.18 Å². The van der Waals surface area contributed by atoms with Crippen molar-refractivity contribution < 1.29 is 23.0 Å². The normalized spacial score (nSPS) is 14.2. The predicted octanol–water partition coefficient (Wildman–Crippen LogP) is 5.80. The number of alkyl halides is 3. The number of nitrogens with zero attached hydrogens (tertiary/aromatic N) is 2. The van der Waals surface area contributed by atoms with Crippen LogP contribution in [0.3, 0.4) is 0 Å². The Kier molecular flexibility index (Phi) is 6.05. The van der Waals surface area contributed by atoms with Gasteiger partial charge in [0.1, 0.15) is 5.75 Å². The van der Waals surface area contributed by atoms with Gasteiger partial charge in [0, 0.05) is 22.7 Å². The Morgan fingerprint density at radius 1 is 1.09 bits per heavy atom. The third kappa shape index (κ3) is 4.33. The lowest BCUT2D eigenvalue weighted by molar-refractivity contribution is -0.271. The van der Waals surface area contributed by atoms with Crippen LogP contribution < -0.4 is 4.74 Å². The van der Waals surface area contributed by atoms with Crippen LogP contribution in [-0.2, 0) is 12.0 Å². The first kappa shape index (κ1) is 23.7. The van der Waals surface area contributed by atoms with Gasteiger partial charge in [0.2, 0.25) is 0 Å². The van der Waals surface area contributed by atoms with Crippen molar-refractivity contribution in [3.8, 4) is 11.8 Å². The smallest absolute Gasteiger partial charge is 0.418 e. The van der Waals surface area contributed by atoms with E-state index < -0.39 is 30.2 Å². The quantitative estimate of drug-likeness (QED) is 0.523. The van der Waals surface area contributed by atoms with Crippen LogP contribution in [0, 0.1) is 25.2 Å². The molecular formula is C25H27F3N2O2. The average molecular weight is 444 g/mol. The second-order valence-electron chi connectivity index (χ2n) is 9.08. The summed E-state index contributed by atoms with van der Waals surface area (Å²) in [6, 6.07) is 12.3. The second-order valence-corrected chi connectivity index (χ2v) is 9.08. The molecule has 1 unspecified atom stereocenters. The Labute approximate surface area is 185 Å². The van der Waals surface area contributed by atoms with E-state index >= 15 is 0 Å². The highest BCUT2D eigenvalue weighted by Gasteiger charge is 2.56. The molecule has 0 spiro atoms. The Morgan fingerprint density at radius 2 is 1.78 bits per heavy atom. The van der Waals surface area contributed by atoms with Crippen LogP contribution in [0.2, 0.25) is 0 Å². The molecule has 0 saturated heterocycles.